The van der Waals surface area contributed by atoms with Crippen LogP contribution in [0.4, 0.5) is 0 Å². The zero-order valence-corrected chi connectivity index (χ0v) is 18.0. The van der Waals surface area contributed by atoms with Crippen molar-refractivity contribution < 1.29 is 2.85 Å². The molecular formula is C22H30N6OS. The number of para-hydroxylation sites is 2. The highest BCUT2D eigenvalue weighted by molar-refractivity contribution is 7.71. The highest BCUT2D eigenvalue weighted by atomic mass is 32.1. The highest BCUT2D eigenvalue weighted by Gasteiger charge is 2.21. The number of aromatic amines is 2. The summed E-state index contributed by atoms with van der Waals surface area (Å²) >= 11 is 5.33. The SMILES string of the molecule is CN[C@@H]1Cc2cccc3[nH]c(=O)n(c23)C1.CN[C@@H]1Cc2cccc3[nH]c(=S)n(c23)C1.[HH].[HH]. The summed E-state index contributed by atoms with van der Waals surface area (Å²) in [6, 6.07) is 13.3. The van der Waals surface area contributed by atoms with Crippen molar-refractivity contribution in [3.05, 3.63) is 62.8 Å². The van der Waals surface area contributed by atoms with E-state index in [4.69, 9.17) is 12.2 Å². The van der Waals surface area contributed by atoms with E-state index in [0.29, 0.717) is 12.1 Å². The monoisotopic (exact) mass is 426 g/mol. The van der Waals surface area contributed by atoms with Crippen molar-refractivity contribution >= 4 is 34.3 Å². The van der Waals surface area contributed by atoms with Crippen molar-refractivity contribution in [3.63, 3.8) is 0 Å². The van der Waals surface area contributed by atoms with Crippen LogP contribution < -0.4 is 16.3 Å². The second-order valence-electron chi connectivity index (χ2n) is 8.09. The number of hydrogen-bond acceptors (Lipinski definition) is 4. The molecule has 2 aromatic heterocycles. The Bertz CT molecular complexity index is 1250. The van der Waals surface area contributed by atoms with Crippen LogP contribution in [0.25, 0.3) is 22.1 Å². The minimum absolute atomic E-state index is 0. The topological polar surface area (TPSA) is 82.6 Å². The molecule has 0 aliphatic carbocycles. The molecule has 2 aliphatic heterocycles. The fourth-order valence-electron chi connectivity index (χ4n) is 4.76. The molecule has 0 bridgehead atoms. The Morgan fingerprint density at radius 3 is 2.03 bits per heavy atom. The van der Waals surface area contributed by atoms with Gasteiger partial charge in [0.05, 0.1) is 22.1 Å². The maximum atomic E-state index is 11.7. The fraction of sp³-hybridized carbons (Fsp3) is 0.364. The van der Waals surface area contributed by atoms with E-state index in [0.717, 1.165) is 47.3 Å². The third-order valence-corrected chi connectivity index (χ3v) is 6.63. The lowest BCUT2D eigenvalue weighted by atomic mass is 10.0. The normalized spacial score (nSPS) is 19.7. The minimum atomic E-state index is -0.00241. The molecule has 4 aromatic rings. The first-order valence-corrected chi connectivity index (χ1v) is 10.7. The summed E-state index contributed by atoms with van der Waals surface area (Å²) < 4.78 is 4.86. The Hall–Kier alpha value is -2.68. The lowest BCUT2D eigenvalue weighted by Gasteiger charge is -2.23. The van der Waals surface area contributed by atoms with Crippen LogP contribution in [0.15, 0.2) is 41.2 Å². The Labute approximate surface area is 182 Å². The first kappa shape index (κ1) is 19.3. The third-order valence-electron chi connectivity index (χ3n) is 6.31. The summed E-state index contributed by atoms with van der Waals surface area (Å²) in [4.78, 5) is 17.8. The smallest absolute Gasteiger partial charge is 0.326 e. The third kappa shape index (κ3) is 3.12. The zero-order valence-electron chi connectivity index (χ0n) is 17.2. The van der Waals surface area contributed by atoms with Crippen LogP contribution in [0.5, 0.6) is 0 Å². The van der Waals surface area contributed by atoms with Gasteiger partial charge in [0, 0.05) is 28.0 Å². The maximum Gasteiger partial charge on any atom is 0.326 e. The van der Waals surface area contributed by atoms with Gasteiger partial charge in [-0.1, -0.05) is 24.3 Å². The molecule has 160 valence electrons. The van der Waals surface area contributed by atoms with Crippen LogP contribution in [0, 0.1) is 4.77 Å². The molecular weight excluding hydrogens is 396 g/mol. The minimum Gasteiger partial charge on any atom is -0.331 e. The number of rotatable bonds is 2. The molecule has 2 atom stereocenters. The van der Waals surface area contributed by atoms with E-state index >= 15 is 0 Å². The van der Waals surface area contributed by atoms with Crippen LogP contribution >= 0.6 is 12.2 Å². The van der Waals surface area contributed by atoms with E-state index < -0.39 is 0 Å². The van der Waals surface area contributed by atoms with Crippen molar-refractivity contribution in [1.29, 1.82) is 0 Å². The zero-order chi connectivity index (χ0) is 20.8. The fourth-order valence-corrected chi connectivity index (χ4v) is 5.03. The van der Waals surface area contributed by atoms with Crippen molar-refractivity contribution in [3.8, 4) is 0 Å². The summed E-state index contributed by atoms with van der Waals surface area (Å²) in [5, 5.41) is 6.55. The number of nitrogens with zero attached hydrogens (tertiary/aromatic N) is 2. The largest absolute Gasteiger partial charge is 0.331 e. The van der Waals surface area contributed by atoms with Gasteiger partial charge in [-0.3, -0.25) is 4.57 Å². The van der Waals surface area contributed by atoms with Gasteiger partial charge in [-0.15, -0.1) is 0 Å². The summed E-state index contributed by atoms with van der Waals surface area (Å²) in [5.41, 5.74) is 7.10. The predicted octanol–water partition coefficient (Wildman–Crippen LogP) is 2.81. The molecule has 2 aliphatic rings. The number of likely N-dealkylation sites (N-methyl/N-ethyl adjacent to an activating group) is 2. The first-order valence-electron chi connectivity index (χ1n) is 10.3. The molecule has 8 heteroatoms. The predicted molar refractivity (Wildman–Crippen MR) is 127 cm³/mol. The first-order chi connectivity index (χ1) is 14.6. The van der Waals surface area contributed by atoms with E-state index in [1.54, 1.807) is 0 Å². The van der Waals surface area contributed by atoms with Gasteiger partial charge in [0.1, 0.15) is 0 Å². The summed E-state index contributed by atoms with van der Waals surface area (Å²) in [6.45, 7) is 1.72. The van der Waals surface area contributed by atoms with E-state index in [1.807, 2.05) is 30.8 Å². The Morgan fingerprint density at radius 1 is 0.900 bits per heavy atom. The molecule has 0 spiro atoms. The van der Waals surface area contributed by atoms with E-state index in [9.17, 15) is 4.79 Å². The van der Waals surface area contributed by atoms with Gasteiger partial charge in [-0.05, 0) is 62.4 Å². The molecule has 6 rings (SSSR count). The van der Waals surface area contributed by atoms with Crippen LogP contribution in [0.1, 0.15) is 14.0 Å². The van der Waals surface area contributed by atoms with Gasteiger partial charge in [-0.25, -0.2) is 4.79 Å². The number of benzene rings is 2. The molecule has 0 unspecified atom stereocenters. The second-order valence-corrected chi connectivity index (χ2v) is 8.47. The Kier molecular flexibility index (Phi) is 4.85. The molecule has 2 aromatic carbocycles. The molecule has 4 N–H and O–H groups in total. The molecule has 0 amide bonds. The number of hydrogen-bond donors (Lipinski definition) is 4. The van der Waals surface area contributed by atoms with E-state index in [1.165, 1.54) is 16.6 Å². The molecule has 7 nitrogen and oxygen atoms in total. The van der Waals surface area contributed by atoms with Gasteiger partial charge in [-0.2, -0.15) is 0 Å². The van der Waals surface area contributed by atoms with Crippen molar-refractivity contribution in [1.82, 2.24) is 29.7 Å². The number of nitrogens with one attached hydrogen (secondary N) is 4. The van der Waals surface area contributed by atoms with Crippen LogP contribution in [0.3, 0.4) is 0 Å². The molecule has 0 fully saturated rings. The van der Waals surface area contributed by atoms with Crippen LogP contribution in [-0.4, -0.2) is 45.3 Å². The van der Waals surface area contributed by atoms with E-state index in [-0.39, 0.29) is 8.54 Å². The number of aromatic nitrogens is 4. The van der Waals surface area contributed by atoms with Gasteiger partial charge in [0.2, 0.25) is 0 Å². The molecule has 0 radical (unpaired) electrons. The summed E-state index contributed by atoms with van der Waals surface area (Å²) in [7, 11) is 3.94. The number of imidazole rings is 2. The lowest BCUT2D eigenvalue weighted by Crippen LogP contribution is -2.38. The van der Waals surface area contributed by atoms with Crippen molar-refractivity contribution in [2.45, 2.75) is 38.0 Å². The van der Waals surface area contributed by atoms with Crippen molar-refractivity contribution in [2.24, 2.45) is 0 Å². The standard InChI is InChI=1S/C11H13N3O.C11H13N3S.2H2/c2*1-12-8-5-7-3-2-4-9-10(7)14(6-8)11(15)13-9;;/h2*2-4,8,12H,5-6H2,1H3,(H,13,15);2*1H/t2*8-;;/m11../s1. The van der Waals surface area contributed by atoms with Crippen molar-refractivity contribution in [2.75, 3.05) is 14.1 Å². The maximum absolute atomic E-state index is 11.7. The van der Waals surface area contributed by atoms with Gasteiger partial charge in [0.15, 0.2) is 4.77 Å². The molecule has 4 heterocycles. The van der Waals surface area contributed by atoms with Gasteiger partial charge >= 0.3 is 5.69 Å². The van der Waals surface area contributed by atoms with Gasteiger partial charge < -0.3 is 25.2 Å². The van der Waals surface area contributed by atoms with Crippen LogP contribution in [0.2, 0.25) is 0 Å². The molecule has 0 saturated carbocycles. The summed E-state index contributed by atoms with van der Waals surface area (Å²) in [5.74, 6) is 0. The highest BCUT2D eigenvalue weighted by Crippen LogP contribution is 2.25. The van der Waals surface area contributed by atoms with E-state index in [2.05, 4.69) is 49.4 Å². The molecule has 0 saturated heterocycles. The Morgan fingerprint density at radius 2 is 1.43 bits per heavy atom. The quantitative estimate of drug-likeness (QED) is 0.372. The lowest BCUT2D eigenvalue weighted by molar-refractivity contribution is 0.463. The number of H-pyrrole nitrogens is 2. The average Bonchev–Trinajstić information content (AvgIpc) is 3.27. The van der Waals surface area contributed by atoms with Gasteiger partial charge in [0.25, 0.3) is 0 Å². The molecule has 30 heavy (non-hydrogen) atoms. The van der Waals surface area contributed by atoms with Crippen LogP contribution in [-0.2, 0) is 25.9 Å². The average molecular weight is 427 g/mol. The second kappa shape index (κ2) is 7.54. The summed E-state index contributed by atoms with van der Waals surface area (Å²) in [6.07, 6.45) is 2.08. The Balaban J connectivity index is 0.000000170.